The molecule has 0 nitrogen and oxygen atoms in total. The first-order valence-electron chi connectivity index (χ1n) is 9.79. The smallest absolute Gasteiger partial charge is 0.0456 e. The Morgan fingerprint density at radius 1 is 0.826 bits per heavy atom. The summed E-state index contributed by atoms with van der Waals surface area (Å²) in [5.74, 6) is 2.03. The van der Waals surface area contributed by atoms with Crippen LogP contribution in [0.25, 0.3) is 9.40 Å². The lowest BCUT2D eigenvalue weighted by Gasteiger charge is -2.27. The summed E-state index contributed by atoms with van der Waals surface area (Å²) in [6.07, 6.45) is 15.4. The zero-order valence-electron chi connectivity index (χ0n) is 14.9. The molecular weight excluding hydrogens is 316 g/mol. The van der Waals surface area contributed by atoms with Gasteiger partial charge < -0.3 is 0 Å². The molecule has 0 saturated heterocycles. The number of aryl methyl sites for hydroxylation is 2. The van der Waals surface area contributed by atoms with Crippen molar-refractivity contribution in [2.24, 2.45) is 11.8 Å². The standard InChI is InChI=1S/C21H32S2/c1-3-5-6-7-18-14-20-21(22-18)15-19(23-20)13-12-17-10-8-16(4-2)9-11-17/h14-17H,3-13H2,1-2H3. The summed E-state index contributed by atoms with van der Waals surface area (Å²) in [6, 6.07) is 4.96. The Bertz CT molecular complexity index is 553. The third-order valence-electron chi connectivity index (χ3n) is 5.68. The van der Waals surface area contributed by atoms with Gasteiger partial charge in [0.25, 0.3) is 0 Å². The molecule has 0 aromatic carbocycles. The molecule has 1 aliphatic carbocycles. The van der Waals surface area contributed by atoms with E-state index in [2.05, 4.69) is 37.3 Å². The van der Waals surface area contributed by atoms with Crippen molar-refractivity contribution in [1.82, 2.24) is 0 Å². The van der Waals surface area contributed by atoms with Crippen LogP contribution < -0.4 is 0 Å². The van der Waals surface area contributed by atoms with Crippen molar-refractivity contribution in [2.75, 3.05) is 0 Å². The van der Waals surface area contributed by atoms with E-state index in [0.29, 0.717) is 0 Å². The van der Waals surface area contributed by atoms with Crippen molar-refractivity contribution < 1.29 is 0 Å². The lowest BCUT2D eigenvalue weighted by molar-refractivity contribution is 0.259. The number of hydrogen-bond donors (Lipinski definition) is 0. The van der Waals surface area contributed by atoms with Gasteiger partial charge in [-0.3, -0.25) is 0 Å². The monoisotopic (exact) mass is 348 g/mol. The molecule has 0 bridgehead atoms. The molecule has 0 spiro atoms. The highest BCUT2D eigenvalue weighted by molar-refractivity contribution is 7.27. The molecule has 0 atom stereocenters. The molecule has 1 fully saturated rings. The summed E-state index contributed by atoms with van der Waals surface area (Å²) in [6.45, 7) is 4.65. The molecule has 3 rings (SSSR count). The quantitative estimate of drug-likeness (QED) is 0.426. The fourth-order valence-corrected chi connectivity index (χ4v) is 6.51. The zero-order chi connectivity index (χ0) is 16.1. The summed E-state index contributed by atoms with van der Waals surface area (Å²) in [5, 5.41) is 0. The minimum absolute atomic E-state index is 1.00. The molecule has 1 aliphatic rings. The average Bonchev–Trinajstić information content (AvgIpc) is 3.12. The Balaban J connectivity index is 1.48. The molecule has 2 aromatic heterocycles. The van der Waals surface area contributed by atoms with E-state index in [-0.39, 0.29) is 0 Å². The van der Waals surface area contributed by atoms with Crippen LogP contribution in [-0.4, -0.2) is 0 Å². The molecule has 0 unspecified atom stereocenters. The first-order chi connectivity index (χ1) is 11.3. The van der Waals surface area contributed by atoms with E-state index >= 15 is 0 Å². The van der Waals surface area contributed by atoms with Crippen molar-refractivity contribution in [3.05, 3.63) is 21.9 Å². The largest absolute Gasteiger partial charge is 0.139 e. The number of unbranched alkanes of at least 4 members (excludes halogenated alkanes) is 2. The topological polar surface area (TPSA) is 0 Å². The van der Waals surface area contributed by atoms with Gasteiger partial charge in [-0.25, -0.2) is 0 Å². The molecule has 0 radical (unpaired) electrons. The maximum atomic E-state index is 2.49. The molecule has 2 heterocycles. The van der Waals surface area contributed by atoms with E-state index < -0.39 is 0 Å². The van der Waals surface area contributed by atoms with E-state index in [9.17, 15) is 0 Å². The van der Waals surface area contributed by atoms with Gasteiger partial charge in [0.1, 0.15) is 0 Å². The van der Waals surface area contributed by atoms with Gasteiger partial charge in [-0.2, -0.15) is 0 Å². The lowest BCUT2D eigenvalue weighted by Crippen LogP contribution is -2.14. The predicted octanol–water partition coefficient (Wildman–Crippen LogP) is 7.84. The normalized spacial score (nSPS) is 22.0. The highest BCUT2D eigenvalue weighted by Gasteiger charge is 2.20. The number of rotatable bonds is 8. The maximum absolute atomic E-state index is 2.49. The molecule has 2 aromatic rings. The van der Waals surface area contributed by atoms with Crippen LogP contribution >= 0.6 is 22.7 Å². The molecule has 128 valence electrons. The van der Waals surface area contributed by atoms with Crippen molar-refractivity contribution in [3.8, 4) is 0 Å². The molecule has 23 heavy (non-hydrogen) atoms. The first-order valence-corrected chi connectivity index (χ1v) is 11.4. The Kier molecular flexibility index (Phi) is 6.59. The van der Waals surface area contributed by atoms with Crippen LogP contribution in [0.1, 0.15) is 81.4 Å². The molecular formula is C21H32S2. The van der Waals surface area contributed by atoms with E-state index in [4.69, 9.17) is 0 Å². The second-order valence-corrected chi connectivity index (χ2v) is 9.78. The third kappa shape index (κ3) is 4.82. The fourth-order valence-electron chi connectivity index (χ4n) is 4.01. The summed E-state index contributed by atoms with van der Waals surface area (Å²) >= 11 is 4.11. The first kappa shape index (κ1) is 17.5. The molecule has 0 N–H and O–H groups in total. The van der Waals surface area contributed by atoms with Crippen LogP contribution in [0.5, 0.6) is 0 Å². The maximum Gasteiger partial charge on any atom is 0.0456 e. The van der Waals surface area contributed by atoms with Crippen molar-refractivity contribution in [2.45, 2.75) is 84.5 Å². The van der Waals surface area contributed by atoms with Gasteiger partial charge in [0.15, 0.2) is 0 Å². The minimum Gasteiger partial charge on any atom is -0.139 e. The molecule has 1 saturated carbocycles. The summed E-state index contributed by atoms with van der Waals surface area (Å²) in [5.41, 5.74) is 0. The minimum atomic E-state index is 1.00. The summed E-state index contributed by atoms with van der Waals surface area (Å²) in [4.78, 5) is 3.23. The van der Waals surface area contributed by atoms with Crippen LogP contribution in [-0.2, 0) is 12.8 Å². The Morgan fingerprint density at radius 2 is 1.43 bits per heavy atom. The van der Waals surface area contributed by atoms with Crippen molar-refractivity contribution in [3.63, 3.8) is 0 Å². The fraction of sp³-hybridized carbons (Fsp3) is 0.714. The molecule has 0 amide bonds. The van der Waals surface area contributed by atoms with Crippen LogP contribution in [0.4, 0.5) is 0 Å². The van der Waals surface area contributed by atoms with Crippen molar-refractivity contribution in [1.29, 1.82) is 0 Å². The zero-order valence-corrected chi connectivity index (χ0v) is 16.5. The number of thiophene rings is 2. The van der Waals surface area contributed by atoms with Gasteiger partial charge in [0, 0.05) is 19.2 Å². The van der Waals surface area contributed by atoms with Crippen LogP contribution in [0.15, 0.2) is 12.1 Å². The number of hydrogen-bond acceptors (Lipinski definition) is 2. The van der Waals surface area contributed by atoms with Crippen LogP contribution in [0.3, 0.4) is 0 Å². The molecule has 2 heteroatoms. The van der Waals surface area contributed by atoms with E-state index in [0.717, 1.165) is 11.8 Å². The van der Waals surface area contributed by atoms with Gasteiger partial charge >= 0.3 is 0 Å². The Labute approximate surface area is 150 Å². The summed E-state index contributed by atoms with van der Waals surface area (Å²) in [7, 11) is 0. The van der Waals surface area contributed by atoms with Gasteiger partial charge in [-0.1, -0.05) is 58.8 Å². The SMILES string of the molecule is CCCCCc1cc2sc(CCC3CCC(CC)CC3)cc2s1. The summed E-state index contributed by atoms with van der Waals surface area (Å²) < 4.78 is 3.09. The van der Waals surface area contributed by atoms with E-state index in [1.807, 2.05) is 11.3 Å². The van der Waals surface area contributed by atoms with Gasteiger partial charge in [0.05, 0.1) is 0 Å². The highest BCUT2D eigenvalue weighted by Crippen LogP contribution is 2.37. The van der Waals surface area contributed by atoms with Crippen LogP contribution in [0.2, 0.25) is 0 Å². The van der Waals surface area contributed by atoms with Gasteiger partial charge in [-0.15, -0.1) is 22.7 Å². The van der Waals surface area contributed by atoms with Crippen LogP contribution in [0, 0.1) is 11.8 Å². The van der Waals surface area contributed by atoms with Crippen molar-refractivity contribution >= 4 is 32.1 Å². The lowest BCUT2D eigenvalue weighted by atomic mass is 9.79. The third-order valence-corrected chi connectivity index (χ3v) is 8.09. The molecule has 0 aliphatic heterocycles. The van der Waals surface area contributed by atoms with Gasteiger partial charge in [0.2, 0.25) is 0 Å². The second kappa shape index (κ2) is 8.67. The van der Waals surface area contributed by atoms with E-state index in [1.54, 1.807) is 19.2 Å². The predicted molar refractivity (Wildman–Crippen MR) is 107 cm³/mol. The average molecular weight is 349 g/mol. The second-order valence-electron chi connectivity index (χ2n) is 7.44. The highest BCUT2D eigenvalue weighted by atomic mass is 32.1. The van der Waals surface area contributed by atoms with Gasteiger partial charge in [-0.05, 0) is 49.7 Å². The Morgan fingerprint density at radius 3 is 2.04 bits per heavy atom. The van der Waals surface area contributed by atoms with E-state index in [1.165, 1.54) is 70.6 Å². The number of fused-ring (bicyclic) bond motifs is 1. The Hall–Kier alpha value is -0.340.